The van der Waals surface area contributed by atoms with Crippen molar-refractivity contribution >= 4 is 39.7 Å². The number of rotatable bonds is 11. The highest BCUT2D eigenvalue weighted by molar-refractivity contribution is 14.1. The zero-order valence-corrected chi connectivity index (χ0v) is 14.2. The first-order chi connectivity index (χ1) is 10.6. The van der Waals surface area contributed by atoms with Crippen LogP contribution in [0.15, 0.2) is 18.2 Å². The maximum absolute atomic E-state index is 11.0. The van der Waals surface area contributed by atoms with Gasteiger partial charge in [0.05, 0.1) is 15.9 Å². The minimum Gasteiger partial charge on any atom is -0.381 e. The average molecular weight is 423 g/mol. The van der Waals surface area contributed by atoms with E-state index >= 15 is 0 Å². The number of benzene rings is 1. The third kappa shape index (κ3) is 6.52. The summed E-state index contributed by atoms with van der Waals surface area (Å²) in [7, 11) is 0. The fourth-order valence-electron chi connectivity index (χ4n) is 1.74. The second-order valence-electron chi connectivity index (χ2n) is 4.50. The predicted molar refractivity (Wildman–Crippen MR) is 91.8 cm³/mol. The first-order valence-corrected chi connectivity index (χ1v) is 8.39. The summed E-state index contributed by atoms with van der Waals surface area (Å²) in [6.07, 6.45) is 2.70. The first kappa shape index (κ1) is 18.6. The third-order valence-corrected chi connectivity index (χ3v) is 3.60. The number of nitrogens with one attached hydrogen (secondary N) is 1. The Morgan fingerprint density at radius 2 is 1.82 bits per heavy atom. The molecule has 0 amide bonds. The number of alkyl halides is 1. The van der Waals surface area contributed by atoms with E-state index in [1.54, 1.807) is 0 Å². The van der Waals surface area contributed by atoms with E-state index in [0.717, 1.165) is 36.4 Å². The average Bonchev–Trinajstić information content (AvgIpc) is 2.49. The Morgan fingerprint density at radius 1 is 1.09 bits per heavy atom. The van der Waals surface area contributed by atoms with Crippen molar-refractivity contribution in [1.29, 1.82) is 0 Å². The lowest BCUT2D eigenvalue weighted by molar-refractivity contribution is -0.393. The van der Waals surface area contributed by atoms with Crippen LogP contribution in [-0.2, 0) is 4.74 Å². The molecule has 0 aliphatic rings. The number of hydrogen-bond donors (Lipinski definition) is 1. The normalized spacial score (nSPS) is 10.4. The van der Waals surface area contributed by atoms with Gasteiger partial charge in [-0.05, 0) is 25.3 Å². The van der Waals surface area contributed by atoms with Gasteiger partial charge in [-0.1, -0.05) is 22.6 Å². The fraction of sp³-hybridized carbons (Fsp3) is 0.538. The molecule has 0 atom stereocenters. The largest absolute Gasteiger partial charge is 0.381 e. The van der Waals surface area contributed by atoms with Crippen molar-refractivity contribution in [3.63, 3.8) is 0 Å². The lowest BCUT2D eigenvalue weighted by atomic mass is 10.2. The van der Waals surface area contributed by atoms with E-state index in [-0.39, 0.29) is 11.4 Å². The molecule has 1 rings (SSSR count). The van der Waals surface area contributed by atoms with Crippen LogP contribution in [0, 0.1) is 20.2 Å². The molecule has 0 aromatic heterocycles. The third-order valence-electron chi connectivity index (χ3n) is 2.84. The molecular weight excluding hydrogens is 405 g/mol. The molecule has 0 heterocycles. The Morgan fingerprint density at radius 3 is 2.45 bits per heavy atom. The van der Waals surface area contributed by atoms with Gasteiger partial charge in [0, 0.05) is 30.3 Å². The molecule has 1 aromatic carbocycles. The van der Waals surface area contributed by atoms with Crippen molar-refractivity contribution in [2.75, 3.05) is 29.5 Å². The molecule has 0 radical (unpaired) electrons. The van der Waals surface area contributed by atoms with Gasteiger partial charge in [0.1, 0.15) is 5.69 Å². The lowest BCUT2D eigenvalue weighted by Gasteiger charge is -2.07. The van der Waals surface area contributed by atoms with Crippen LogP contribution in [0.2, 0.25) is 0 Å². The smallest absolute Gasteiger partial charge is 0.299 e. The molecule has 1 N–H and O–H groups in total. The van der Waals surface area contributed by atoms with Gasteiger partial charge in [-0.2, -0.15) is 0 Å². The number of hydrogen-bond acceptors (Lipinski definition) is 6. The van der Waals surface area contributed by atoms with Gasteiger partial charge in [0.15, 0.2) is 0 Å². The molecule has 9 heteroatoms. The number of anilines is 1. The minimum absolute atomic E-state index is 0.285. The molecule has 0 fully saturated rings. The van der Waals surface area contributed by atoms with E-state index in [0.29, 0.717) is 18.8 Å². The summed E-state index contributed by atoms with van der Waals surface area (Å²) in [6, 6.07) is 3.59. The summed E-state index contributed by atoms with van der Waals surface area (Å²) in [6.45, 7) is 1.97. The Kier molecular flexibility index (Phi) is 8.67. The van der Waals surface area contributed by atoms with Crippen LogP contribution < -0.4 is 5.32 Å². The molecule has 0 aliphatic heterocycles. The van der Waals surface area contributed by atoms with Crippen LogP contribution >= 0.6 is 22.6 Å². The highest BCUT2D eigenvalue weighted by atomic mass is 127. The summed E-state index contributed by atoms with van der Waals surface area (Å²) in [5, 5.41) is 24.5. The zero-order valence-electron chi connectivity index (χ0n) is 12.0. The second kappa shape index (κ2) is 10.3. The summed E-state index contributed by atoms with van der Waals surface area (Å²) in [4.78, 5) is 20.3. The molecule has 8 nitrogen and oxygen atoms in total. The van der Waals surface area contributed by atoms with Gasteiger partial charge in [0.25, 0.3) is 11.4 Å². The molecule has 22 heavy (non-hydrogen) atoms. The number of nitro benzene ring substituents is 2. The molecule has 0 spiro atoms. The van der Waals surface area contributed by atoms with Gasteiger partial charge in [-0.15, -0.1) is 0 Å². The van der Waals surface area contributed by atoms with Crippen LogP contribution in [0.3, 0.4) is 0 Å². The Labute approximate surface area is 141 Å². The molecule has 0 saturated carbocycles. The van der Waals surface area contributed by atoms with Crippen LogP contribution in [0.5, 0.6) is 0 Å². The zero-order chi connectivity index (χ0) is 16.4. The van der Waals surface area contributed by atoms with Crippen LogP contribution in [0.25, 0.3) is 0 Å². The van der Waals surface area contributed by atoms with E-state index in [9.17, 15) is 20.2 Å². The van der Waals surface area contributed by atoms with E-state index in [4.69, 9.17) is 4.74 Å². The van der Waals surface area contributed by atoms with Crippen LogP contribution in [0.1, 0.15) is 19.3 Å². The molecule has 0 bridgehead atoms. The lowest BCUT2D eigenvalue weighted by Crippen LogP contribution is -2.06. The van der Waals surface area contributed by atoms with Crippen molar-refractivity contribution in [3.05, 3.63) is 38.4 Å². The number of unbranched alkanes of at least 4 members (excludes halogenated alkanes) is 1. The van der Waals surface area contributed by atoms with Crippen molar-refractivity contribution in [1.82, 2.24) is 0 Å². The summed E-state index contributed by atoms with van der Waals surface area (Å²) < 4.78 is 6.49. The monoisotopic (exact) mass is 423 g/mol. The van der Waals surface area contributed by atoms with Crippen molar-refractivity contribution in [2.45, 2.75) is 19.3 Å². The van der Waals surface area contributed by atoms with Crippen molar-refractivity contribution < 1.29 is 14.6 Å². The highest BCUT2D eigenvalue weighted by Crippen LogP contribution is 2.28. The molecule has 0 saturated heterocycles. The topological polar surface area (TPSA) is 108 Å². The second-order valence-corrected chi connectivity index (χ2v) is 5.58. The minimum atomic E-state index is -0.649. The van der Waals surface area contributed by atoms with Gasteiger partial charge >= 0.3 is 0 Å². The number of nitrogens with zero attached hydrogens (tertiary/aromatic N) is 2. The van der Waals surface area contributed by atoms with Crippen molar-refractivity contribution in [3.8, 4) is 0 Å². The quantitative estimate of drug-likeness (QED) is 0.192. The van der Waals surface area contributed by atoms with Gasteiger partial charge in [-0.25, -0.2) is 0 Å². The van der Waals surface area contributed by atoms with Crippen molar-refractivity contribution in [2.24, 2.45) is 0 Å². The molecule has 0 aliphatic carbocycles. The van der Waals surface area contributed by atoms with Gasteiger partial charge < -0.3 is 10.1 Å². The number of ether oxygens (including phenoxy) is 1. The fourth-order valence-corrected chi connectivity index (χ4v) is 2.06. The summed E-state index contributed by atoms with van der Waals surface area (Å²) in [5.74, 6) is 0. The maximum atomic E-state index is 11.0. The maximum Gasteiger partial charge on any atom is 0.299 e. The summed E-state index contributed by atoms with van der Waals surface area (Å²) >= 11 is 2.30. The van der Waals surface area contributed by atoms with Gasteiger partial charge in [0.2, 0.25) is 0 Å². The Hall–Kier alpha value is -1.49. The Balaban J connectivity index is 2.42. The number of halogens is 1. The van der Waals surface area contributed by atoms with E-state index in [1.807, 2.05) is 0 Å². The molecular formula is C13H18IN3O5. The van der Waals surface area contributed by atoms with Gasteiger partial charge in [-0.3, -0.25) is 20.2 Å². The SMILES string of the molecule is O=[N+]([O-])c1ccc(NCCCCOCCCI)c([N+](=O)[O-])c1. The number of non-ortho nitro benzene ring substituents is 1. The first-order valence-electron chi connectivity index (χ1n) is 6.86. The molecule has 122 valence electrons. The Bertz CT molecular complexity index is 512. The predicted octanol–water partition coefficient (Wildman–Crippen LogP) is 3.54. The van der Waals surface area contributed by atoms with E-state index in [2.05, 4.69) is 27.9 Å². The highest BCUT2D eigenvalue weighted by Gasteiger charge is 2.18. The number of nitro groups is 2. The molecule has 0 unspecified atom stereocenters. The standard InChI is InChI=1S/C13H18IN3O5/c14-6-3-9-22-8-2-1-7-15-12-5-4-11(16(18)19)10-13(12)17(20)21/h4-5,10,15H,1-3,6-9H2. The summed E-state index contributed by atoms with van der Waals surface area (Å²) in [5.41, 5.74) is -0.283. The molecule has 1 aromatic rings. The van der Waals surface area contributed by atoms with Crippen LogP contribution in [0.4, 0.5) is 17.1 Å². The van der Waals surface area contributed by atoms with Crippen LogP contribution in [-0.4, -0.2) is 34.0 Å². The van der Waals surface area contributed by atoms with E-state index in [1.165, 1.54) is 12.1 Å². The van der Waals surface area contributed by atoms with E-state index < -0.39 is 9.85 Å².